The standard InChI is InChI=1S/C16H16N2O5S/c19-16(12-8-14(23-17-12)11-4-2-1-3-5-11)18-6-7-22-15-10-24(20,21)9-13(15)18/h1-5,8,13,15H,6-7,9-10H2. The summed E-state index contributed by atoms with van der Waals surface area (Å²) in [6, 6.07) is 10.5. The zero-order valence-electron chi connectivity index (χ0n) is 12.8. The SMILES string of the molecule is O=C(c1cc(-c2ccccc2)on1)N1CCOC2CS(=O)(=O)CC21. The number of rotatable bonds is 2. The average molecular weight is 348 g/mol. The third kappa shape index (κ3) is 2.71. The van der Waals surface area contributed by atoms with Crippen LogP contribution >= 0.6 is 0 Å². The van der Waals surface area contributed by atoms with Crippen molar-refractivity contribution in [3.8, 4) is 11.3 Å². The zero-order chi connectivity index (χ0) is 16.7. The number of hydrogen-bond donors (Lipinski definition) is 0. The Hall–Kier alpha value is -2.19. The van der Waals surface area contributed by atoms with Crippen molar-refractivity contribution in [2.45, 2.75) is 12.1 Å². The van der Waals surface area contributed by atoms with Gasteiger partial charge in [-0.25, -0.2) is 8.42 Å². The number of fused-ring (bicyclic) bond motifs is 1. The number of nitrogens with zero attached hydrogens (tertiary/aromatic N) is 2. The van der Waals surface area contributed by atoms with E-state index < -0.39 is 22.0 Å². The van der Waals surface area contributed by atoms with Crippen molar-refractivity contribution in [2.24, 2.45) is 0 Å². The number of ether oxygens (including phenoxy) is 1. The molecule has 0 bridgehead atoms. The summed E-state index contributed by atoms with van der Waals surface area (Å²) in [6.07, 6.45) is -0.451. The molecule has 0 radical (unpaired) electrons. The number of carbonyl (C=O) groups is 1. The predicted molar refractivity (Wildman–Crippen MR) is 85.2 cm³/mol. The monoisotopic (exact) mass is 348 g/mol. The van der Waals surface area contributed by atoms with E-state index >= 15 is 0 Å². The highest BCUT2D eigenvalue weighted by molar-refractivity contribution is 7.91. The second-order valence-corrected chi connectivity index (χ2v) is 8.15. The Morgan fingerprint density at radius 3 is 2.79 bits per heavy atom. The number of morpholine rings is 1. The van der Waals surface area contributed by atoms with E-state index in [2.05, 4.69) is 5.16 Å². The molecule has 2 aliphatic heterocycles. The fourth-order valence-corrected chi connectivity index (χ4v) is 5.10. The van der Waals surface area contributed by atoms with Gasteiger partial charge in [0, 0.05) is 18.2 Å². The topological polar surface area (TPSA) is 89.7 Å². The summed E-state index contributed by atoms with van der Waals surface area (Å²) in [7, 11) is -3.18. The Balaban J connectivity index is 1.59. The van der Waals surface area contributed by atoms with Gasteiger partial charge in [0.25, 0.3) is 5.91 Å². The molecule has 0 saturated carbocycles. The summed E-state index contributed by atoms with van der Waals surface area (Å²) >= 11 is 0. The summed E-state index contributed by atoms with van der Waals surface area (Å²) in [5, 5.41) is 3.86. The van der Waals surface area contributed by atoms with Crippen LogP contribution in [-0.2, 0) is 14.6 Å². The van der Waals surface area contributed by atoms with Gasteiger partial charge in [0.15, 0.2) is 21.3 Å². The highest BCUT2D eigenvalue weighted by atomic mass is 32.2. The first-order valence-electron chi connectivity index (χ1n) is 7.69. The van der Waals surface area contributed by atoms with Crippen molar-refractivity contribution in [1.82, 2.24) is 10.1 Å². The van der Waals surface area contributed by atoms with Crippen molar-refractivity contribution in [3.05, 3.63) is 42.1 Å². The van der Waals surface area contributed by atoms with E-state index in [0.29, 0.717) is 18.9 Å². The van der Waals surface area contributed by atoms with Crippen molar-refractivity contribution < 1.29 is 22.5 Å². The molecule has 7 nitrogen and oxygen atoms in total. The molecule has 2 saturated heterocycles. The van der Waals surface area contributed by atoms with Crippen LogP contribution in [0.3, 0.4) is 0 Å². The van der Waals surface area contributed by atoms with Crippen LogP contribution in [0.1, 0.15) is 10.5 Å². The molecule has 0 aliphatic carbocycles. The molecule has 1 aromatic heterocycles. The fourth-order valence-electron chi connectivity index (χ4n) is 3.23. The van der Waals surface area contributed by atoms with Crippen molar-refractivity contribution in [2.75, 3.05) is 24.7 Å². The Kier molecular flexibility index (Phi) is 3.65. The largest absolute Gasteiger partial charge is 0.373 e. The van der Waals surface area contributed by atoms with Gasteiger partial charge >= 0.3 is 0 Å². The Morgan fingerprint density at radius 1 is 1.21 bits per heavy atom. The van der Waals surface area contributed by atoms with E-state index in [1.54, 1.807) is 11.0 Å². The normalized spacial score (nSPS) is 25.4. The van der Waals surface area contributed by atoms with E-state index in [-0.39, 0.29) is 23.1 Å². The molecular formula is C16H16N2O5S. The van der Waals surface area contributed by atoms with Gasteiger partial charge in [-0.2, -0.15) is 0 Å². The van der Waals surface area contributed by atoms with Crippen LogP contribution in [0, 0.1) is 0 Å². The van der Waals surface area contributed by atoms with Gasteiger partial charge in [-0.1, -0.05) is 35.5 Å². The molecule has 2 aliphatic rings. The van der Waals surface area contributed by atoms with E-state index in [1.807, 2.05) is 30.3 Å². The predicted octanol–water partition coefficient (Wildman–Crippen LogP) is 0.980. The molecule has 0 N–H and O–H groups in total. The smallest absolute Gasteiger partial charge is 0.276 e. The minimum atomic E-state index is -3.18. The average Bonchev–Trinajstić information content (AvgIpc) is 3.17. The second-order valence-electron chi connectivity index (χ2n) is 5.99. The molecule has 3 heterocycles. The molecule has 2 aromatic rings. The fraction of sp³-hybridized carbons (Fsp3) is 0.375. The summed E-state index contributed by atoms with van der Waals surface area (Å²) in [6.45, 7) is 0.675. The van der Waals surface area contributed by atoms with Crippen LogP contribution in [0.15, 0.2) is 40.9 Å². The van der Waals surface area contributed by atoms with E-state index in [1.165, 1.54) is 0 Å². The highest BCUT2D eigenvalue weighted by Crippen LogP contribution is 2.27. The van der Waals surface area contributed by atoms with Crippen LogP contribution in [-0.4, -0.2) is 61.2 Å². The minimum Gasteiger partial charge on any atom is -0.373 e. The number of benzene rings is 1. The first kappa shape index (κ1) is 15.3. The molecular weight excluding hydrogens is 332 g/mol. The lowest BCUT2D eigenvalue weighted by molar-refractivity contribution is -0.0364. The van der Waals surface area contributed by atoms with Gasteiger partial charge in [0.1, 0.15) is 0 Å². The molecule has 2 atom stereocenters. The van der Waals surface area contributed by atoms with Crippen LogP contribution < -0.4 is 0 Å². The summed E-state index contributed by atoms with van der Waals surface area (Å²) in [4.78, 5) is 14.3. The molecule has 2 fully saturated rings. The van der Waals surface area contributed by atoms with Gasteiger partial charge in [-0.3, -0.25) is 4.79 Å². The first-order chi connectivity index (χ1) is 11.5. The van der Waals surface area contributed by atoms with Crippen LogP contribution in [0.5, 0.6) is 0 Å². The van der Waals surface area contributed by atoms with Gasteiger partial charge in [-0.15, -0.1) is 0 Å². The van der Waals surface area contributed by atoms with Crippen LogP contribution in [0.2, 0.25) is 0 Å². The number of aromatic nitrogens is 1. The number of hydrogen-bond acceptors (Lipinski definition) is 6. The Labute approximate surface area is 139 Å². The zero-order valence-corrected chi connectivity index (χ0v) is 13.6. The molecule has 126 valence electrons. The van der Waals surface area contributed by atoms with Crippen LogP contribution in [0.4, 0.5) is 0 Å². The molecule has 0 spiro atoms. The van der Waals surface area contributed by atoms with Crippen LogP contribution in [0.25, 0.3) is 11.3 Å². The Morgan fingerprint density at radius 2 is 2.00 bits per heavy atom. The number of sulfone groups is 1. The molecule has 8 heteroatoms. The molecule has 1 amide bonds. The van der Waals surface area contributed by atoms with E-state index in [9.17, 15) is 13.2 Å². The maximum absolute atomic E-state index is 12.8. The summed E-state index contributed by atoms with van der Waals surface area (Å²) in [5.74, 6) is 0.0848. The molecule has 2 unspecified atom stereocenters. The summed E-state index contributed by atoms with van der Waals surface area (Å²) < 4.78 is 34.5. The third-order valence-corrected chi connectivity index (χ3v) is 6.07. The van der Waals surface area contributed by atoms with Crippen molar-refractivity contribution in [1.29, 1.82) is 0 Å². The first-order valence-corrected chi connectivity index (χ1v) is 9.51. The lowest BCUT2D eigenvalue weighted by Crippen LogP contribution is -2.53. The molecule has 4 rings (SSSR count). The van der Waals surface area contributed by atoms with Gasteiger partial charge in [0.05, 0.1) is 30.3 Å². The quantitative estimate of drug-likeness (QED) is 0.804. The lowest BCUT2D eigenvalue weighted by Gasteiger charge is -2.36. The minimum absolute atomic E-state index is 0.0322. The van der Waals surface area contributed by atoms with Gasteiger partial charge in [-0.05, 0) is 0 Å². The second kappa shape index (κ2) is 5.71. The van der Waals surface area contributed by atoms with Crippen molar-refractivity contribution >= 4 is 15.7 Å². The number of carbonyl (C=O) groups excluding carboxylic acids is 1. The lowest BCUT2D eigenvalue weighted by atomic mass is 10.1. The Bertz CT molecular complexity index is 862. The van der Waals surface area contributed by atoms with E-state index in [4.69, 9.17) is 9.26 Å². The molecule has 1 aromatic carbocycles. The number of amides is 1. The van der Waals surface area contributed by atoms with E-state index in [0.717, 1.165) is 5.56 Å². The summed E-state index contributed by atoms with van der Waals surface area (Å²) in [5.41, 5.74) is 1.01. The third-order valence-electron chi connectivity index (χ3n) is 4.38. The molecule has 24 heavy (non-hydrogen) atoms. The van der Waals surface area contributed by atoms with Gasteiger partial charge < -0.3 is 14.2 Å². The van der Waals surface area contributed by atoms with Crippen molar-refractivity contribution in [3.63, 3.8) is 0 Å². The highest BCUT2D eigenvalue weighted by Gasteiger charge is 2.46. The van der Waals surface area contributed by atoms with Gasteiger partial charge in [0.2, 0.25) is 0 Å². The maximum Gasteiger partial charge on any atom is 0.276 e. The maximum atomic E-state index is 12.8.